The standard InChI is InChI=1S/C16H22BF4N2O5S/c1-16(2,3)27-15(24)23-6-4-22(5-7-23)11-12-8-13(17(18,19)20)10-14(9-12)28-29(21,25)26/h8-10H,4-7,11H2,1-3H3/q-1. The minimum absolute atomic E-state index is 0.0465. The van der Waals surface area contributed by atoms with E-state index >= 15 is 0 Å². The number of halogens is 4. The van der Waals surface area contributed by atoms with Gasteiger partial charge in [0.05, 0.1) is 0 Å². The van der Waals surface area contributed by atoms with Crippen LogP contribution in [-0.2, 0) is 21.8 Å². The zero-order valence-corrected chi connectivity index (χ0v) is 17.0. The number of rotatable bonds is 5. The molecule has 1 saturated heterocycles. The minimum Gasteiger partial charge on any atom is -0.445 e. The Balaban J connectivity index is 2.08. The van der Waals surface area contributed by atoms with E-state index in [2.05, 4.69) is 4.18 Å². The number of amides is 1. The largest absolute Gasteiger partial charge is 0.509 e. The first-order valence-corrected chi connectivity index (χ1v) is 10.1. The van der Waals surface area contributed by atoms with Crippen LogP contribution in [0, 0.1) is 0 Å². The molecule has 0 bridgehead atoms. The molecule has 0 atom stereocenters. The molecule has 1 aliphatic heterocycles. The topological polar surface area (TPSA) is 76.2 Å². The Bertz CT molecular complexity index is 850. The third kappa shape index (κ3) is 7.73. The van der Waals surface area contributed by atoms with Crippen LogP contribution in [-0.4, -0.2) is 63.1 Å². The van der Waals surface area contributed by atoms with Gasteiger partial charge in [0.25, 0.3) is 0 Å². The molecule has 29 heavy (non-hydrogen) atoms. The van der Waals surface area contributed by atoms with Gasteiger partial charge in [0, 0.05) is 32.7 Å². The van der Waals surface area contributed by atoms with Gasteiger partial charge in [0.1, 0.15) is 11.4 Å². The van der Waals surface area contributed by atoms with Crippen LogP contribution in [0.5, 0.6) is 5.75 Å². The van der Waals surface area contributed by atoms with Crippen molar-refractivity contribution >= 4 is 29.0 Å². The number of piperazine rings is 1. The van der Waals surface area contributed by atoms with Crippen LogP contribution < -0.4 is 9.65 Å². The highest BCUT2D eigenvalue weighted by molar-refractivity contribution is 7.81. The molecule has 1 heterocycles. The van der Waals surface area contributed by atoms with Gasteiger partial charge < -0.3 is 26.8 Å². The highest BCUT2D eigenvalue weighted by atomic mass is 32.3. The van der Waals surface area contributed by atoms with E-state index in [0.717, 1.165) is 12.1 Å². The van der Waals surface area contributed by atoms with Gasteiger partial charge in [-0.25, -0.2) is 4.79 Å². The summed E-state index contributed by atoms with van der Waals surface area (Å²) < 4.78 is 82.7. The van der Waals surface area contributed by atoms with E-state index in [1.807, 2.05) is 0 Å². The maximum Gasteiger partial charge on any atom is 0.509 e. The lowest BCUT2D eigenvalue weighted by Crippen LogP contribution is -2.49. The summed E-state index contributed by atoms with van der Waals surface area (Å²) in [5, 5.41) is 0. The number of ether oxygens (including phenoxy) is 1. The molecule has 0 unspecified atom stereocenters. The first-order chi connectivity index (χ1) is 13.1. The first kappa shape index (κ1) is 23.3. The van der Waals surface area contributed by atoms with Crippen LogP contribution in [0.15, 0.2) is 18.2 Å². The molecular weight excluding hydrogens is 419 g/mol. The van der Waals surface area contributed by atoms with Gasteiger partial charge in [0.15, 0.2) is 0 Å². The number of benzene rings is 1. The van der Waals surface area contributed by atoms with Crippen molar-refractivity contribution in [3.8, 4) is 5.75 Å². The lowest BCUT2D eigenvalue weighted by atomic mass is 9.79. The van der Waals surface area contributed by atoms with Gasteiger partial charge in [-0.15, -0.1) is 5.46 Å². The van der Waals surface area contributed by atoms with Crippen molar-refractivity contribution in [3.63, 3.8) is 0 Å². The molecule has 0 saturated carbocycles. The summed E-state index contributed by atoms with van der Waals surface area (Å²) >= 11 is 0. The molecule has 2 rings (SSSR count). The lowest BCUT2D eigenvalue weighted by Gasteiger charge is -2.35. The van der Waals surface area contributed by atoms with E-state index in [-0.39, 0.29) is 12.1 Å². The van der Waals surface area contributed by atoms with Crippen molar-refractivity contribution in [2.45, 2.75) is 32.9 Å². The highest BCUT2D eigenvalue weighted by Crippen LogP contribution is 2.21. The monoisotopic (exact) mass is 441 g/mol. The van der Waals surface area contributed by atoms with Gasteiger partial charge in [-0.1, -0.05) is 9.95 Å². The summed E-state index contributed by atoms with van der Waals surface area (Å²) in [4.78, 5) is 15.4. The van der Waals surface area contributed by atoms with Crippen molar-refractivity contribution < 1.29 is 39.0 Å². The number of hydrogen-bond donors (Lipinski definition) is 0. The van der Waals surface area contributed by atoms with Crippen LogP contribution in [0.4, 0.5) is 21.6 Å². The van der Waals surface area contributed by atoms with Crippen LogP contribution >= 0.6 is 0 Å². The Labute approximate surface area is 167 Å². The molecule has 7 nitrogen and oxygen atoms in total. The van der Waals surface area contributed by atoms with E-state index in [1.54, 1.807) is 25.7 Å². The van der Waals surface area contributed by atoms with Crippen molar-refractivity contribution in [1.29, 1.82) is 0 Å². The van der Waals surface area contributed by atoms with Gasteiger partial charge in [-0.3, -0.25) is 4.90 Å². The summed E-state index contributed by atoms with van der Waals surface area (Å²) in [6.07, 6.45) is -0.470. The van der Waals surface area contributed by atoms with Crippen LogP contribution in [0.1, 0.15) is 26.3 Å². The fourth-order valence-corrected chi connectivity index (χ4v) is 3.13. The van der Waals surface area contributed by atoms with Gasteiger partial charge in [0.2, 0.25) is 0 Å². The molecule has 0 radical (unpaired) electrons. The average molecular weight is 441 g/mol. The normalized spacial score (nSPS) is 16.6. The van der Waals surface area contributed by atoms with Crippen LogP contribution in [0.3, 0.4) is 0 Å². The van der Waals surface area contributed by atoms with Gasteiger partial charge in [-0.2, -0.15) is 8.42 Å². The van der Waals surface area contributed by atoms with Crippen LogP contribution in [0.25, 0.3) is 0 Å². The third-order valence-corrected chi connectivity index (χ3v) is 4.38. The van der Waals surface area contributed by atoms with E-state index < -0.39 is 40.4 Å². The summed E-state index contributed by atoms with van der Waals surface area (Å²) in [5.41, 5.74) is -1.61. The highest BCUT2D eigenvalue weighted by Gasteiger charge is 2.29. The number of carbonyl (C=O) groups excluding carboxylic acids is 1. The molecule has 13 heteroatoms. The number of nitrogens with zero attached hydrogens (tertiary/aromatic N) is 2. The number of carbonyl (C=O) groups is 1. The molecule has 1 aromatic rings. The molecule has 0 spiro atoms. The Morgan fingerprint density at radius 3 is 2.17 bits per heavy atom. The van der Waals surface area contributed by atoms with Crippen molar-refractivity contribution in [2.75, 3.05) is 26.2 Å². The van der Waals surface area contributed by atoms with E-state index in [1.165, 1.54) is 4.90 Å². The zero-order chi connectivity index (χ0) is 22.0. The summed E-state index contributed by atoms with van der Waals surface area (Å²) in [6.45, 7) is 1.22. The Morgan fingerprint density at radius 2 is 1.69 bits per heavy atom. The quantitative estimate of drug-likeness (QED) is 0.397. The molecule has 0 aromatic heterocycles. The molecule has 1 fully saturated rings. The van der Waals surface area contributed by atoms with Gasteiger partial charge >= 0.3 is 23.6 Å². The molecule has 0 N–H and O–H groups in total. The Hall–Kier alpha value is -2.02. The second-order valence-corrected chi connectivity index (χ2v) is 8.66. The molecule has 1 amide bonds. The summed E-state index contributed by atoms with van der Waals surface area (Å²) in [6, 6.07) is 2.36. The van der Waals surface area contributed by atoms with E-state index in [9.17, 15) is 30.0 Å². The van der Waals surface area contributed by atoms with Crippen LogP contribution in [0.2, 0.25) is 0 Å². The van der Waals surface area contributed by atoms with Crippen molar-refractivity contribution in [3.05, 3.63) is 23.8 Å². The summed E-state index contributed by atoms with van der Waals surface area (Å²) in [7, 11) is -5.45. The Kier molecular flexibility index (Phi) is 6.73. The molecule has 1 aromatic carbocycles. The molecule has 0 aliphatic carbocycles. The van der Waals surface area contributed by atoms with Gasteiger partial charge in [-0.05, 0) is 38.5 Å². The number of hydrogen-bond acceptors (Lipinski definition) is 6. The van der Waals surface area contributed by atoms with Crippen molar-refractivity contribution in [2.24, 2.45) is 0 Å². The maximum absolute atomic E-state index is 13.1. The second kappa shape index (κ2) is 8.38. The molecule has 164 valence electrons. The SMILES string of the molecule is CC(C)(C)OC(=O)N1CCN(Cc2cc(OS(=O)(=O)F)cc([B-](F)(F)F)c2)CC1. The van der Waals surface area contributed by atoms with Crippen molar-refractivity contribution in [1.82, 2.24) is 9.80 Å². The maximum atomic E-state index is 13.1. The zero-order valence-electron chi connectivity index (χ0n) is 16.2. The van der Waals surface area contributed by atoms with E-state index in [4.69, 9.17) is 4.74 Å². The minimum atomic E-state index is -5.45. The smallest absolute Gasteiger partial charge is 0.445 e. The second-order valence-electron chi connectivity index (χ2n) is 7.71. The first-order valence-electron chi connectivity index (χ1n) is 8.80. The lowest BCUT2D eigenvalue weighted by molar-refractivity contribution is 0.0139. The molecular formula is C16H22BF4N2O5S-. The average Bonchev–Trinajstić information content (AvgIpc) is 2.51. The predicted molar refractivity (Wildman–Crippen MR) is 98.9 cm³/mol. The fraction of sp³-hybridized carbons (Fsp3) is 0.562. The molecule has 1 aliphatic rings. The van der Waals surface area contributed by atoms with E-state index in [0.29, 0.717) is 32.2 Å². The predicted octanol–water partition coefficient (Wildman–Crippen LogP) is 2.39. The summed E-state index contributed by atoms with van der Waals surface area (Å²) in [5.74, 6) is -0.744. The Morgan fingerprint density at radius 1 is 1.10 bits per heavy atom. The third-order valence-electron chi connectivity index (χ3n) is 3.99. The fourth-order valence-electron chi connectivity index (χ4n) is 2.80.